The van der Waals surface area contributed by atoms with Crippen LogP contribution in [-0.2, 0) is 23.1 Å². The molecule has 12 heteroatoms. The maximum Gasteiger partial charge on any atom is 0.433 e. The van der Waals surface area contributed by atoms with Gasteiger partial charge in [0.15, 0.2) is 15.7 Å². The van der Waals surface area contributed by atoms with Crippen molar-refractivity contribution >= 4 is 20.9 Å². The molecule has 7 nitrogen and oxygen atoms in total. The van der Waals surface area contributed by atoms with Crippen LogP contribution in [-0.4, -0.2) is 47.0 Å². The minimum absolute atomic E-state index is 0.00997. The van der Waals surface area contributed by atoms with Gasteiger partial charge in [-0.15, -0.1) is 0 Å². The van der Waals surface area contributed by atoms with Crippen molar-refractivity contribution in [2.75, 3.05) is 19.0 Å². The highest BCUT2D eigenvalue weighted by atomic mass is 32.2. The number of alkyl halides is 4. The van der Waals surface area contributed by atoms with Crippen molar-refractivity contribution in [1.29, 1.82) is 0 Å². The van der Waals surface area contributed by atoms with Gasteiger partial charge < -0.3 is 9.30 Å². The van der Waals surface area contributed by atoms with Crippen molar-refractivity contribution in [2.45, 2.75) is 18.0 Å². The van der Waals surface area contributed by atoms with Gasteiger partial charge in [0.05, 0.1) is 29.2 Å². The topological polar surface area (TPSA) is 87.0 Å². The molecule has 0 spiro atoms. The first-order chi connectivity index (χ1) is 13.6. The van der Waals surface area contributed by atoms with Crippen LogP contribution in [0.25, 0.3) is 22.6 Å². The quantitative estimate of drug-likeness (QED) is 0.556. The molecule has 0 saturated heterocycles. The molecule has 0 bridgehead atoms. The largest absolute Gasteiger partial charge is 0.489 e. The van der Waals surface area contributed by atoms with Gasteiger partial charge >= 0.3 is 6.18 Å². The maximum absolute atomic E-state index is 12.9. The predicted molar refractivity (Wildman–Crippen MR) is 95.9 cm³/mol. The average Bonchev–Trinajstić information content (AvgIpc) is 3.01. The van der Waals surface area contributed by atoms with E-state index in [1.165, 1.54) is 30.8 Å². The molecule has 0 aromatic carbocycles. The molecule has 3 aromatic rings. The van der Waals surface area contributed by atoms with Gasteiger partial charge in [0, 0.05) is 13.1 Å². The number of nitrogens with zero attached hydrogens (tertiary/aromatic N) is 4. The van der Waals surface area contributed by atoms with Gasteiger partial charge in [-0.25, -0.2) is 27.8 Å². The Morgan fingerprint density at radius 3 is 2.52 bits per heavy atom. The maximum atomic E-state index is 12.9. The summed E-state index contributed by atoms with van der Waals surface area (Å²) >= 11 is 0. The standard InChI is InChI=1S/C17H16F4N4O3S/c1-3-29(26,27)13-6-10(28-5-4-18)8-23-15(13)16-24-11-7-14(17(19,20)21)22-9-12(11)25(16)2/h6-9H,3-5H2,1-2H3. The summed E-state index contributed by atoms with van der Waals surface area (Å²) < 4.78 is 82.8. The number of ether oxygens (including phenoxy) is 1. The smallest absolute Gasteiger partial charge is 0.433 e. The summed E-state index contributed by atoms with van der Waals surface area (Å²) in [6.45, 7) is 0.393. The van der Waals surface area contributed by atoms with Crippen LogP contribution in [0.5, 0.6) is 5.75 Å². The highest BCUT2D eigenvalue weighted by Crippen LogP contribution is 2.33. The third-order valence-corrected chi connectivity index (χ3v) is 5.90. The fraction of sp³-hybridized carbons (Fsp3) is 0.353. The number of aryl methyl sites for hydroxylation is 1. The fourth-order valence-electron chi connectivity index (χ4n) is 2.68. The first-order valence-electron chi connectivity index (χ1n) is 8.40. The molecule has 0 unspecified atom stereocenters. The van der Waals surface area contributed by atoms with Crippen molar-refractivity contribution in [1.82, 2.24) is 19.5 Å². The minimum Gasteiger partial charge on any atom is -0.489 e. The molecule has 3 rings (SSSR count). The van der Waals surface area contributed by atoms with Crippen molar-refractivity contribution in [2.24, 2.45) is 7.05 Å². The zero-order valence-corrected chi connectivity index (χ0v) is 16.2. The summed E-state index contributed by atoms with van der Waals surface area (Å²) in [6.07, 6.45) is -2.42. The molecular formula is C17H16F4N4O3S. The van der Waals surface area contributed by atoms with Gasteiger partial charge in [-0.2, -0.15) is 13.2 Å². The van der Waals surface area contributed by atoms with E-state index in [1.807, 2.05) is 0 Å². The van der Waals surface area contributed by atoms with Crippen molar-refractivity contribution in [3.8, 4) is 17.3 Å². The van der Waals surface area contributed by atoms with E-state index in [4.69, 9.17) is 4.74 Å². The van der Waals surface area contributed by atoms with E-state index in [9.17, 15) is 26.0 Å². The number of hydrogen-bond donors (Lipinski definition) is 0. The second-order valence-electron chi connectivity index (χ2n) is 6.01. The van der Waals surface area contributed by atoms with Crippen LogP contribution in [0.3, 0.4) is 0 Å². The molecule has 29 heavy (non-hydrogen) atoms. The molecule has 0 aliphatic carbocycles. The van der Waals surface area contributed by atoms with Crippen LogP contribution >= 0.6 is 0 Å². The normalized spacial score (nSPS) is 12.5. The molecule has 0 atom stereocenters. The Bertz CT molecular complexity index is 1160. The van der Waals surface area contributed by atoms with Gasteiger partial charge in [0.25, 0.3) is 0 Å². The second kappa shape index (κ2) is 7.58. The summed E-state index contributed by atoms with van der Waals surface area (Å²) in [6, 6.07) is 1.99. The molecular weight excluding hydrogens is 416 g/mol. The molecule has 0 saturated carbocycles. The molecule has 0 radical (unpaired) electrons. The van der Waals surface area contributed by atoms with Gasteiger partial charge in [-0.1, -0.05) is 6.92 Å². The Morgan fingerprint density at radius 2 is 1.90 bits per heavy atom. The van der Waals surface area contributed by atoms with E-state index < -0.39 is 28.4 Å². The third-order valence-electron chi connectivity index (χ3n) is 4.16. The zero-order valence-electron chi connectivity index (χ0n) is 15.4. The average molecular weight is 432 g/mol. The van der Waals surface area contributed by atoms with Crippen LogP contribution in [0.2, 0.25) is 0 Å². The molecule has 0 N–H and O–H groups in total. The highest BCUT2D eigenvalue weighted by molar-refractivity contribution is 7.91. The summed E-state index contributed by atoms with van der Waals surface area (Å²) in [5.74, 6) is -0.152. The Morgan fingerprint density at radius 1 is 1.17 bits per heavy atom. The predicted octanol–water partition coefficient (Wildman–Crippen LogP) is 3.19. The Balaban J connectivity index is 2.21. The first kappa shape index (κ1) is 21.0. The number of halogens is 4. The molecule has 156 valence electrons. The number of fused-ring (bicyclic) bond motifs is 1. The van der Waals surface area contributed by atoms with Crippen molar-refractivity contribution in [3.63, 3.8) is 0 Å². The van der Waals surface area contributed by atoms with Gasteiger partial charge in [0.1, 0.15) is 35.3 Å². The Kier molecular flexibility index (Phi) is 5.48. The van der Waals surface area contributed by atoms with Crippen LogP contribution in [0.1, 0.15) is 12.6 Å². The summed E-state index contributed by atoms with van der Waals surface area (Å²) in [4.78, 5) is 11.4. The molecule has 3 aromatic heterocycles. The van der Waals surface area contributed by atoms with E-state index in [0.29, 0.717) is 0 Å². The van der Waals surface area contributed by atoms with E-state index in [0.717, 1.165) is 12.3 Å². The Hall–Kier alpha value is -2.76. The highest BCUT2D eigenvalue weighted by Gasteiger charge is 2.33. The van der Waals surface area contributed by atoms with Crippen LogP contribution < -0.4 is 4.74 Å². The second-order valence-corrected chi connectivity index (χ2v) is 8.26. The van der Waals surface area contributed by atoms with E-state index >= 15 is 0 Å². The van der Waals surface area contributed by atoms with Gasteiger partial charge in [-0.3, -0.25) is 0 Å². The zero-order chi connectivity index (χ0) is 21.4. The number of rotatable bonds is 6. The lowest BCUT2D eigenvalue weighted by Gasteiger charge is -2.11. The summed E-state index contributed by atoms with van der Waals surface area (Å²) in [5.41, 5.74) is -0.901. The minimum atomic E-state index is -4.64. The van der Waals surface area contributed by atoms with Gasteiger partial charge in [0.2, 0.25) is 0 Å². The number of hydrogen-bond acceptors (Lipinski definition) is 6. The lowest BCUT2D eigenvalue weighted by atomic mass is 10.3. The van der Waals surface area contributed by atoms with E-state index in [1.54, 1.807) is 0 Å². The summed E-state index contributed by atoms with van der Waals surface area (Å²) in [7, 11) is -2.28. The third kappa shape index (κ3) is 4.02. The molecule has 0 fully saturated rings. The molecule has 0 aliphatic heterocycles. The van der Waals surface area contributed by atoms with Crippen LogP contribution in [0, 0.1) is 0 Å². The molecule has 0 amide bonds. The fourth-order valence-corrected chi connectivity index (χ4v) is 3.72. The monoisotopic (exact) mass is 432 g/mol. The van der Waals surface area contributed by atoms with Crippen LogP contribution in [0.4, 0.5) is 17.6 Å². The van der Waals surface area contributed by atoms with Crippen LogP contribution in [0.15, 0.2) is 29.4 Å². The lowest BCUT2D eigenvalue weighted by Crippen LogP contribution is -2.10. The number of imidazole rings is 1. The van der Waals surface area contributed by atoms with E-state index in [2.05, 4.69) is 15.0 Å². The number of pyridine rings is 2. The SMILES string of the molecule is CCS(=O)(=O)c1cc(OCCF)cnc1-c1nc2cc(C(F)(F)F)ncc2n1C. The Labute approximate surface area is 163 Å². The molecule has 0 aliphatic rings. The lowest BCUT2D eigenvalue weighted by molar-refractivity contribution is -0.141. The number of aromatic nitrogens is 4. The van der Waals surface area contributed by atoms with E-state index in [-0.39, 0.29) is 45.6 Å². The van der Waals surface area contributed by atoms with Crippen molar-refractivity contribution < 1.29 is 30.7 Å². The van der Waals surface area contributed by atoms with Crippen molar-refractivity contribution in [3.05, 3.63) is 30.2 Å². The number of sulfone groups is 1. The van der Waals surface area contributed by atoms with Gasteiger partial charge in [-0.05, 0) is 6.07 Å². The first-order valence-corrected chi connectivity index (χ1v) is 10.0. The summed E-state index contributed by atoms with van der Waals surface area (Å²) in [5, 5.41) is 0. The molecule has 3 heterocycles.